The van der Waals surface area contributed by atoms with Crippen LogP contribution in [0.25, 0.3) is 0 Å². The van der Waals surface area contributed by atoms with Crippen molar-refractivity contribution in [3.63, 3.8) is 0 Å². The van der Waals surface area contributed by atoms with E-state index >= 15 is 0 Å². The highest BCUT2D eigenvalue weighted by molar-refractivity contribution is 4.97. The first kappa shape index (κ1) is 13.8. The molecule has 0 bridgehead atoms. The number of aryl methyl sites for hydroxylation is 1. The van der Waals surface area contributed by atoms with E-state index in [-0.39, 0.29) is 5.41 Å². The number of hydrogen-bond acceptors (Lipinski definition) is 2. The van der Waals surface area contributed by atoms with Crippen LogP contribution in [0.3, 0.4) is 0 Å². The Hall–Kier alpha value is -1.30. The van der Waals surface area contributed by atoms with Crippen LogP contribution in [-0.4, -0.2) is 9.55 Å². The minimum Gasteiger partial charge on any atom is -0.335 e. The third kappa shape index (κ3) is 4.22. The molecule has 0 aliphatic carbocycles. The first-order valence-corrected chi connectivity index (χ1v) is 6.38. The lowest BCUT2D eigenvalue weighted by molar-refractivity contribution is 0.414. The van der Waals surface area contributed by atoms with Crippen molar-refractivity contribution in [2.45, 2.75) is 59.4 Å². The number of unbranched alkanes of at least 4 members (excludes halogenated alkanes) is 1. The van der Waals surface area contributed by atoms with E-state index in [9.17, 15) is 0 Å². The summed E-state index contributed by atoms with van der Waals surface area (Å²) in [6, 6.07) is 2.35. The van der Waals surface area contributed by atoms with Gasteiger partial charge < -0.3 is 4.57 Å². The second kappa shape index (κ2) is 5.86. The van der Waals surface area contributed by atoms with Gasteiger partial charge in [-0.25, -0.2) is 4.98 Å². The van der Waals surface area contributed by atoms with Crippen molar-refractivity contribution < 1.29 is 0 Å². The van der Waals surface area contributed by atoms with Gasteiger partial charge in [-0.2, -0.15) is 5.26 Å². The molecule has 17 heavy (non-hydrogen) atoms. The van der Waals surface area contributed by atoms with Crippen molar-refractivity contribution in [1.82, 2.24) is 9.55 Å². The van der Waals surface area contributed by atoms with Gasteiger partial charge in [-0.1, -0.05) is 20.3 Å². The molecule has 0 atom stereocenters. The summed E-state index contributed by atoms with van der Waals surface area (Å²) in [5.41, 5.74) is -0.185. The summed E-state index contributed by atoms with van der Waals surface area (Å²) in [7, 11) is 0. The lowest BCUT2D eigenvalue weighted by Crippen LogP contribution is -2.09. The molecule has 1 heterocycles. The zero-order chi connectivity index (χ0) is 12.9. The molecule has 3 nitrogen and oxygen atoms in total. The molecular formula is C14H23N3. The van der Waals surface area contributed by atoms with Gasteiger partial charge in [-0.3, -0.25) is 0 Å². The molecule has 0 aliphatic rings. The Bertz CT molecular complexity index is 382. The summed E-state index contributed by atoms with van der Waals surface area (Å²) < 4.78 is 2.23. The van der Waals surface area contributed by atoms with E-state index < -0.39 is 0 Å². The third-order valence-corrected chi connectivity index (χ3v) is 3.02. The van der Waals surface area contributed by atoms with Gasteiger partial charge in [0, 0.05) is 24.9 Å². The molecular weight excluding hydrogens is 210 g/mol. The summed E-state index contributed by atoms with van der Waals surface area (Å²) in [6.07, 6.45) is 7.09. The fourth-order valence-corrected chi connectivity index (χ4v) is 1.92. The smallest absolute Gasteiger partial charge is 0.111 e. The molecule has 0 aromatic carbocycles. The average Bonchev–Trinajstić information content (AvgIpc) is 2.73. The minimum absolute atomic E-state index is 0.185. The molecule has 0 unspecified atom stereocenters. The van der Waals surface area contributed by atoms with Crippen molar-refractivity contribution in [3.05, 3.63) is 18.2 Å². The van der Waals surface area contributed by atoms with Gasteiger partial charge in [0.1, 0.15) is 5.82 Å². The lowest BCUT2D eigenvalue weighted by Gasteiger charge is -2.15. The van der Waals surface area contributed by atoms with Crippen LogP contribution in [0.5, 0.6) is 0 Å². The number of rotatable bonds is 6. The Kier molecular flexibility index (Phi) is 4.74. The quantitative estimate of drug-likeness (QED) is 0.702. The third-order valence-electron chi connectivity index (χ3n) is 3.02. The fourth-order valence-electron chi connectivity index (χ4n) is 1.92. The minimum atomic E-state index is -0.185. The molecule has 0 saturated carbocycles. The normalized spacial score (nSPS) is 11.8. The zero-order valence-corrected chi connectivity index (χ0v) is 11.4. The summed E-state index contributed by atoms with van der Waals surface area (Å²) in [6.45, 7) is 9.35. The van der Waals surface area contributed by atoms with Crippen LogP contribution in [0.15, 0.2) is 12.4 Å². The van der Waals surface area contributed by atoms with Crippen LogP contribution in [-0.2, 0) is 6.54 Å². The maximum Gasteiger partial charge on any atom is 0.111 e. The first-order valence-electron chi connectivity index (χ1n) is 6.38. The SMILES string of the molecule is CC(C)c1nccn1CCCCC(C)(C)C#N. The maximum atomic E-state index is 8.93. The van der Waals surface area contributed by atoms with Crippen LogP contribution in [0.4, 0.5) is 0 Å². The molecule has 94 valence electrons. The molecule has 1 aromatic rings. The van der Waals surface area contributed by atoms with E-state index in [2.05, 4.69) is 29.5 Å². The van der Waals surface area contributed by atoms with Gasteiger partial charge >= 0.3 is 0 Å². The van der Waals surface area contributed by atoms with Crippen molar-refractivity contribution in [1.29, 1.82) is 5.26 Å². The van der Waals surface area contributed by atoms with Crippen molar-refractivity contribution in [2.24, 2.45) is 5.41 Å². The van der Waals surface area contributed by atoms with Crippen LogP contribution in [0.1, 0.15) is 58.7 Å². The Labute approximate surface area is 104 Å². The van der Waals surface area contributed by atoms with Crippen LogP contribution >= 0.6 is 0 Å². The number of imidazole rings is 1. The van der Waals surface area contributed by atoms with Crippen molar-refractivity contribution >= 4 is 0 Å². The molecule has 0 spiro atoms. The maximum absolute atomic E-state index is 8.93. The van der Waals surface area contributed by atoms with E-state index in [0.717, 1.165) is 31.6 Å². The molecule has 1 rings (SSSR count). The molecule has 1 aromatic heterocycles. The Morgan fingerprint density at radius 1 is 1.41 bits per heavy atom. The summed E-state index contributed by atoms with van der Waals surface area (Å²) in [4.78, 5) is 4.37. The number of nitriles is 1. The van der Waals surface area contributed by atoms with E-state index in [1.807, 2.05) is 26.2 Å². The monoisotopic (exact) mass is 233 g/mol. The second-order valence-electron chi connectivity index (χ2n) is 5.59. The topological polar surface area (TPSA) is 41.6 Å². The van der Waals surface area contributed by atoms with Gasteiger partial charge in [-0.15, -0.1) is 0 Å². The van der Waals surface area contributed by atoms with Crippen molar-refractivity contribution in [2.75, 3.05) is 0 Å². The summed E-state index contributed by atoms with van der Waals surface area (Å²) >= 11 is 0. The Morgan fingerprint density at radius 3 is 2.71 bits per heavy atom. The molecule has 0 aliphatic heterocycles. The molecule has 3 heteroatoms. The highest BCUT2D eigenvalue weighted by Gasteiger charge is 2.15. The summed E-state index contributed by atoms with van der Waals surface area (Å²) in [5, 5.41) is 8.93. The standard InChI is InChI=1S/C14H23N3/c1-12(2)13-16-8-10-17(13)9-6-5-7-14(3,4)11-15/h8,10,12H,5-7,9H2,1-4H3. The number of hydrogen-bond donors (Lipinski definition) is 0. The van der Waals surface area contributed by atoms with E-state index in [4.69, 9.17) is 5.26 Å². The predicted octanol–water partition coefficient (Wildman–Crippen LogP) is 3.73. The number of nitrogens with zero attached hydrogens (tertiary/aromatic N) is 3. The van der Waals surface area contributed by atoms with E-state index in [1.54, 1.807) is 0 Å². The molecule has 0 radical (unpaired) electrons. The van der Waals surface area contributed by atoms with Crippen LogP contribution < -0.4 is 0 Å². The van der Waals surface area contributed by atoms with Gasteiger partial charge in [0.2, 0.25) is 0 Å². The molecule has 0 fully saturated rings. The van der Waals surface area contributed by atoms with Crippen LogP contribution in [0, 0.1) is 16.7 Å². The Balaban J connectivity index is 2.37. The number of aromatic nitrogens is 2. The van der Waals surface area contributed by atoms with E-state index in [1.165, 1.54) is 0 Å². The second-order valence-corrected chi connectivity index (χ2v) is 5.59. The molecule has 0 amide bonds. The Morgan fingerprint density at radius 2 is 2.12 bits per heavy atom. The highest BCUT2D eigenvalue weighted by atomic mass is 15.1. The van der Waals surface area contributed by atoms with Crippen molar-refractivity contribution in [3.8, 4) is 6.07 Å². The zero-order valence-electron chi connectivity index (χ0n) is 11.4. The average molecular weight is 233 g/mol. The molecule has 0 N–H and O–H groups in total. The highest BCUT2D eigenvalue weighted by Crippen LogP contribution is 2.22. The first-order chi connectivity index (χ1) is 7.96. The van der Waals surface area contributed by atoms with Gasteiger partial charge in [-0.05, 0) is 26.7 Å². The van der Waals surface area contributed by atoms with Gasteiger partial charge in [0.25, 0.3) is 0 Å². The summed E-state index contributed by atoms with van der Waals surface area (Å²) in [5.74, 6) is 1.63. The largest absolute Gasteiger partial charge is 0.335 e. The van der Waals surface area contributed by atoms with Gasteiger partial charge in [0.15, 0.2) is 0 Å². The van der Waals surface area contributed by atoms with Crippen LogP contribution in [0.2, 0.25) is 0 Å². The van der Waals surface area contributed by atoms with Gasteiger partial charge in [0.05, 0.1) is 11.5 Å². The molecule has 0 saturated heterocycles. The lowest BCUT2D eigenvalue weighted by atomic mass is 9.89. The van der Waals surface area contributed by atoms with E-state index in [0.29, 0.717) is 5.92 Å². The fraction of sp³-hybridized carbons (Fsp3) is 0.714. The predicted molar refractivity (Wildman–Crippen MR) is 69.6 cm³/mol.